The molecule has 138 valence electrons. The molecule has 0 bridgehead atoms. The van der Waals surface area contributed by atoms with E-state index in [1.165, 1.54) is 31.6 Å². The molecule has 3 N–H and O–H groups in total. The van der Waals surface area contributed by atoms with Crippen molar-refractivity contribution in [1.29, 1.82) is 0 Å². The van der Waals surface area contributed by atoms with E-state index in [0.29, 0.717) is 0 Å². The molecular weight excluding hydrogens is 364 g/mol. The molecular formula is C17H23ClN2O4S. The summed E-state index contributed by atoms with van der Waals surface area (Å²) in [6, 6.07) is 2.18. The zero-order valence-electron chi connectivity index (χ0n) is 14.5. The van der Waals surface area contributed by atoms with Gasteiger partial charge in [0.15, 0.2) is 15.6 Å². The molecule has 1 atom stereocenters. The summed E-state index contributed by atoms with van der Waals surface area (Å²) in [4.78, 5) is 11.9. The highest BCUT2D eigenvalue weighted by atomic mass is 35.5. The Bertz CT molecular complexity index is 803. The highest BCUT2D eigenvalue weighted by Gasteiger charge is 2.28. The molecule has 1 aromatic carbocycles. The van der Waals surface area contributed by atoms with Gasteiger partial charge in [-0.25, -0.2) is 13.2 Å². The molecule has 2 amide bonds. The maximum absolute atomic E-state index is 12.4. The van der Waals surface area contributed by atoms with Gasteiger partial charge in [-0.05, 0) is 45.2 Å². The molecule has 0 aromatic heterocycles. The van der Waals surface area contributed by atoms with Crippen LogP contribution in [0, 0.1) is 0 Å². The van der Waals surface area contributed by atoms with Gasteiger partial charge >= 0.3 is 6.03 Å². The Morgan fingerprint density at radius 2 is 2.08 bits per heavy atom. The second-order valence-electron chi connectivity index (χ2n) is 6.23. The van der Waals surface area contributed by atoms with E-state index in [2.05, 4.69) is 16.7 Å². The van der Waals surface area contributed by atoms with Crippen molar-refractivity contribution in [3.63, 3.8) is 0 Å². The second-order valence-corrected chi connectivity index (χ2v) is 9.08. The molecule has 0 saturated carbocycles. The van der Waals surface area contributed by atoms with Gasteiger partial charge in [0, 0.05) is 0 Å². The van der Waals surface area contributed by atoms with Crippen LogP contribution in [0.4, 0.5) is 10.5 Å². The number of anilines is 1. The number of halogens is 1. The molecule has 0 radical (unpaired) electrons. The third-order valence-corrected chi connectivity index (χ3v) is 6.91. The zero-order valence-corrected chi connectivity index (χ0v) is 16.0. The number of phenolic OH excluding ortho intramolecular Hbond substituents is 1. The van der Waals surface area contributed by atoms with Gasteiger partial charge in [-0.2, -0.15) is 0 Å². The average Bonchev–Trinajstić information content (AvgIpc) is 2.97. The van der Waals surface area contributed by atoms with Crippen LogP contribution in [0.15, 0.2) is 28.7 Å². The number of aromatic hydroxyl groups is 1. The Labute approximate surface area is 153 Å². The fraction of sp³-hybridized carbons (Fsp3) is 0.471. The number of sulfone groups is 1. The van der Waals surface area contributed by atoms with Crippen molar-refractivity contribution < 1.29 is 18.3 Å². The van der Waals surface area contributed by atoms with Crippen LogP contribution < -0.4 is 10.6 Å². The largest absolute Gasteiger partial charge is 0.504 e. The van der Waals surface area contributed by atoms with Crippen molar-refractivity contribution in [1.82, 2.24) is 5.32 Å². The first-order valence-corrected chi connectivity index (χ1v) is 10.1. The van der Waals surface area contributed by atoms with Crippen LogP contribution in [0.25, 0.3) is 0 Å². The van der Waals surface area contributed by atoms with Crippen molar-refractivity contribution in [2.24, 2.45) is 0 Å². The van der Waals surface area contributed by atoms with Crippen molar-refractivity contribution in [3.05, 3.63) is 28.8 Å². The SMILES string of the molecule is CCC1=CCCC1NC(=O)Nc1ccc(Cl)c(S(=O)(=O)C(C)C)c1O. The number of rotatable bonds is 5. The van der Waals surface area contributed by atoms with Gasteiger partial charge < -0.3 is 15.7 Å². The van der Waals surface area contributed by atoms with Crippen LogP contribution in [-0.2, 0) is 9.84 Å². The second kappa shape index (κ2) is 7.66. The molecule has 1 unspecified atom stereocenters. The Morgan fingerprint density at radius 1 is 1.40 bits per heavy atom. The lowest BCUT2D eigenvalue weighted by Gasteiger charge is -2.18. The van der Waals surface area contributed by atoms with Gasteiger partial charge in [-0.1, -0.05) is 30.2 Å². The maximum atomic E-state index is 12.4. The number of hydrogen-bond donors (Lipinski definition) is 3. The van der Waals surface area contributed by atoms with E-state index >= 15 is 0 Å². The van der Waals surface area contributed by atoms with Gasteiger partial charge in [0.25, 0.3) is 0 Å². The van der Waals surface area contributed by atoms with Crippen molar-refractivity contribution >= 4 is 33.2 Å². The van der Waals surface area contributed by atoms with Crippen LogP contribution in [-0.4, -0.2) is 30.8 Å². The summed E-state index contributed by atoms with van der Waals surface area (Å²) in [5.41, 5.74) is 1.17. The van der Waals surface area contributed by atoms with Crippen molar-refractivity contribution in [3.8, 4) is 5.75 Å². The third-order valence-electron chi connectivity index (χ3n) is 4.26. The summed E-state index contributed by atoms with van der Waals surface area (Å²) >= 11 is 5.97. The molecule has 0 heterocycles. The number of hydrogen-bond acceptors (Lipinski definition) is 4. The van der Waals surface area contributed by atoms with Crippen LogP contribution in [0.2, 0.25) is 5.02 Å². The summed E-state index contributed by atoms with van der Waals surface area (Å²) in [6.45, 7) is 5.02. The minimum absolute atomic E-state index is 0.00106. The van der Waals surface area contributed by atoms with E-state index in [-0.39, 0.29) is 21.6 Å². The maximum Gasteiger partial charge on any atom is 0.319 e. The first kappa shape index (κ1) is 19.6. The number of carbonyl (C=O) groups excluding carboxylic acids is 1. The van der Waals surface area contributed by atoms with Crippen LogP contribution in [0.1, 0.15) is 40.0 Å². The highest BCUT2D eigenvalue weighted by Crippen LogP contribution is 2.38. The molecule has 2 rings (SSSR count). The number of amides is 2. The van der Waals surface area contributed by atoms with E-state index in [9.17, 15) is 18.3 Å². The molecule has 0 aliphatic heterocycles. The van der Waals surface area contributed by atoms with Crippen molar-refractivity contribution in [2.75, 3.05) is 5.32 Å². The predicted molar refractivity (Wildman–Crippen MR) is 99.0 cm³/mol. The van der Waals surface area contributed by atoms with Crippen LogP contribution >= 0.6 is 11.6 Å². The smallest absolute Gasteiger partial charge is 0.319 e. The fourth-order valence-corrected chi connectivity index (χ4v) is 4.45. The number of nitrogens with one attached hydrogen (secondary N) is 2. The average molecular weight is 387 g/mol. The zero-order chi connectivity index (χ0) is 18.8. The Morgan fingerprint density at radius 3 is 2.68 bits per heavy atom. The summed E-state index contributed by atoms with van der Waals surface area (Å²) in [5, 5.41) is 14.9. The van der Waals surface area contributed by atoms with Gasteiger partial charge in [-0.3, -0.25) is 0 Å². The number of allylic oxidation sites excluding steroid dienone is 1. The third kappa shape index (κ3) is 4.10. The Hall–Kier alpha value is -1.73. The number of benzene rings is 1. The van der Waals surface area contributed by atoms with Crippen LogP contribution in [0.3, 0.4) is 0 Å². The van der Waals surface area contributed by atoms with E-state index < -0.39 is 26.9 Å². The Kier molecular flexibility index (Phi) is 6.00. The highest BCUT2D eigenvalue weighted by molar-refractivity contribution is 7.92. The summed E-state index contributed by atoms with van der Waals surface area (Å²) in [5.74, 6) is -0.547. The number of carbonyl (C=O) groups is 1. The lowest BCUT2D eigenvalue weighted by atomic mass is 10.1. The van der Waals surface area contributed by atoms with Crippen molar-refractivity contribution in [2.45, 2.75) is 56.2 Å². The molecule has 0 spiro atoms. The van der Waals surface area contributed by atoms with Crippen LogP contribution in [0.5, 0.6) is 5.75 Å². The van der Waals surface area contributed by atoms with E-state index in [0.717, 1.165) is 19.3 Å². The summed E-state index contributed by atoms with van der Waals surface area (Å²) in [7, 11) is -3.79. The van der Waals surface area contributed by atoms with Gasteiger partial charge in [0.2, 0.25) is 0 Å². The molecule has 6 nitrogen and oxygen atoms in total. The lowest BCUT2D eigenvalue weighted by molar-refractivity contribution is 0.249. The van der Waals surface area contributed by atoms with Gasteiger partial charge in [0.05, 0.1) is 22.0 Å². The predicted octanol–water partition coefficient (Wildman–Crippen LogP) is 3.85. The molecule has 0 fully saturated rings. The van der Waals surface area contributed by atoms with E-state index in [1.807, 2.05) is 6.92 Å². The molecule has 8 heteroatoms. The molecule has 1 aromatic rings. The fourth-order valence-electron chi connectivity index (χ4n) is 2.79. The molecule has 1 aliphatic carbocycles. The Balaban J connectivity index is 2.24. The first-order valence-electron chi connectivity index (χ1n) is 8.20. The normalized spacial score (nSPS) is 17.5. The summed E-state index contributed by atoms with van der Waals surface area (Å²) in [6.07, 6.45) is 4.71. The topological polar surface area (TPSA) is 95.5 Å². The monoisotopic (exact) mass is 386 g/mol. The van der Waals surface area contributed by atoms with E-state index in [1.54, 1.807) is 0 Å². The van der Waals surface area contributed by atoms with E-state index in [4.69, 9.17) is 11.6 Å². The number of phenols is 1. The minimum Gasteiger partial charge on any atom is -0.504 e. The lowest BCUT2D eigenvalue weighted by Crippen LogP contribution is -2.37. The quantitative estimate of drug-likeness (QED) is 0.529. The minimum atomic E-state index is -3.79. The summed E-state index contributed by atoms with van der Waals surface area (Å²) < 4.78 is 24.8. The van der Waals surface area contributed by atoms with Gasteiger partial charge in [-0.15, -0.1) is 0 Å². The standard InChI is InChI=1S/C17H23ClN2O4S/c1-4-11-6-5-7-13(11)19-17(22)20-14-9-8-12(18)16(15(14)21)25(23,24)10(2)3/h6,8-10,13,21H,4-5,7H2,1-3H3,(H2,19,20,22). The first-order chi connectivity index (χ1) is 11.7. The van der Waals surface area contributed by atoms with Gasteiger partial charge in [0.1, 0.15) is 4.90 Å². The molecule has 1 aliphatic rings. The number of urea groups is 1. The molecule has 25 heavy (non-hydrogen) atoms. The molecule has 0 saturated heterocycles.